The van der Waals surface area contributed by atoms with Gasteiger partial charge < -0.3 is 15.0 Å². The van der Waals surface area contributed by atoms with Crippen molar-refractivity contribution >= 4 is 29.1 Å². The fourth-order valence-corrected chi connectivity index (χ4v) is 4.79. The van der Waals surface area contributed by atoms with Crippen molar-refractivity contribution in [2.75, 3.05) is 7.11 Å². The van der Waals surface area contributed by atoms with Crippen LogP contribution in [0.25, 0.3) is 10.9 Å². The van der Waals surface area contributed by atoms with Crippen LogP contribution in [0.15, 0.2) is 23.0 Å². The van der Waals surface area contributed by atoms with Crippen molar-refractivity contribution in [3.8, 4) is 0 Å². The molecule has 6 nitrogen and oxygen atoms in total. The van der Waals surface area contributed by atoms with Crippen molar-refractivity contribution in [3.63, 3.8) is 0 Å². The number of rotatable bonds is 2. The number of esters is 1. The molecule has 1 aromatic carbocycles. The summed E-state index contributed by atoms with van der Waals surface area (Å²) in [5.74, 6) is -0.443. The van der Waals surface area contributed by atoms with Crippen molar-refractivity contribution in [3.05, 3.63) is 38.9 Å². The monoisotopic (exact) mass is 376 g/mol. The first kappa shape index (κ1) is 18.8. The van der Waals surface area contributed by atoms with Gasteiger partial charge in [0.25, 0.3) is 5.56 Å². The van der Waals surface area contributed by atoms with Crippen molar-refractivity contribution in [2.45, 2.75) is 57.7 Å². The molecular weight excluding hydrogens is 350 g/mol. The Labute approximate surface area is 157 Å². The van der Waals surface area contributed by atoms with Crippen molar-refractivity contribution in [1.29, 1.82) is 0 Å². The molecule has 1 aliphatic heterocycles. The molecule has 0 radical (unpaired) electrons. The lowest BCUT2D eigenvalue weighted by Gasteiger charge is -2.43. The maximum absolute atomic E-state index is 13.2. The molecule has 2 aromatic rings. The number of fused-ring (bicyclic) bond motifs is 1. The second kappa shape index (κ2) is 6.32. The fourth-order valence-electron chi connectivity index (χ4n) is 4.45. The second-order valence-corrected chi connectivity index (χ2v) is 8.93. The van der Waals surface area contributed by atoms with Gasteiger partial charge in [0.1, 0.15) is 0 Å². The fraction of sp³-hybridized carbons (Fsp3) is 0.526. The van der Waals surface area contributed by atoms with E-state index in [4.69, 9.17) is 17.0 Å². The summed E-state index contributed by atoms with van der Waals surface area (Å²) >= 11 is 5.52. The van der Waals surface area contributed by atoms with Crippen molar-refractivity contribution in [2.24, 2.45) is 0 Å². The number of carbonyl (C=O) groups excluding carboxylic acids is 1. The van der Waals surface area contributed by atoms with Crippen LogP contribution in [0.4, 0.5) is 0 Å². The van der Waals surface area contributed by atoms with Gasteiger partial charge in [-0.25, -0.2) is 4.79 Å². The Balaban J connectivity index is 2.14. The average Bonchev–Trinajstić information content (AvgIpc) is 2.50. The molecular formula is C19H26N3O3S+. The molecule has 1 aromatic heterocycles. The molecule has 2 heterocycles. The molecule has 0 aliphatic carbocycles. The summed E-state index contributed by atoms with van der Waals surface area (Å²) in [7, 11) is 1.33. The number of nitrogens with two attached hydrogens (primary N) is 1. The van der Waals surface area contributed by atoms with Crippen LogP contribution in [0.1, 0.15) is 56.9 Å². The van der Waals surface area contributed by atoms with Crippen LogP contribution in [0.2, 0.25) is 0 Å². The lowest BCUT2D eigenvalue weighted by Crippen LogP contribution is -3.05. The second-order valence-electron chi connectivity index (χ2n) is 8.54. The van der Waals surface area contributed by atoms with Gasteiger partial charge in [0.2, 0.25) is 0 Å². The number of aromatic amines is 1. The predicted octanol–water partition coefficient (Wildman–Crippen LogP) is 2.30. The number of methoxy groups -OCH3 is 1. The largest absolute Gasteiger partial charge is 0.465 e. The molecule has 3 N–H and O–H groups in total. The number of ether oxygens (including phenoxy) is 1. The number of quaternary nitrogens is 1. The smallest absolute Gasteiger partial charge is 0.337 e. The van der Waals surface area contributed by atoms with Gasteiger partial charge in [-0.05, 0) is 58.1 Å². The molecule has 0 spiro atoms. The molecule has 0 amide bonds. The van der Waals surface area contributed by atoms with E-state index in [9.17, 15) is 9.59 Å². The lowest BCUT2D eigenvalue weighted by molar-refractivity contribution is -0.789. The maximum Gasteiger partial charge on any atom is 0.337 e. The number of hydrogen-bond donors (Lipinski definition) is 2. The van der Waals surface area contributed by atoms with Gasteiger partial charge in [-0.2, -0.15) is 0 Å². The molecule has 0 unspecified atom stereocenters. The molecule has 3 rings (SSSR count). The first-order valence-electron chi connectivity index (χ1n) is 8.77. The van der Waals surface area contributed by atoms with E-state index in [2.05, 4.69) is 38.0 Å². The van der Waals surface area contributed by atoms with Gasteiger partial charge in [-0.1, -0.05) is 0 Å². The third-order valence-electron chi connectivity index (χ3n) is 5.02. The number of carbonyl (C=O) groups is 1. The number of hydrogen-bond acceptors (Lipinski definition) is 4. The lowest BCUT2D eigenvalue weighted by atomic mass is 9.79. The minimum Gasteiger partial charge on any atom is -0.465 e. The van der Waals surface area contributed by atoms with E-state index in [1.54, 1.807) is 22.8 Å². The number of aromatic nitrogens is 2. The van der Waals surface area contributed by atoms with E-state index < -0.39 is 5.97 Å². The topological polar surface area (TPSA) is 80.7 Å². The van der Waals surface area contributed by atoms with Crippen molar-refractivity contribution < 1.29 is 14.8 Å². The van der Waals surface area contributed by atoms with Crippen LogP contribution in [-0.2, 0) is 4.74 Å². The molecule has 0 atom stereocenters. The number of piperidine rings is 1. The first-order chi connectivity index (χ1) is 12.0. The van der Waals surface area contributed by atoms with E-state index in [-0.39, 0.29) is 22.7 Å². The third kappa shape index (κ3) is 3.46. The van der Waals surface area contributed by atoms with Crippen LogP contribution >= 0.6 is 12.2 Å². The van der Waals surface area contributed by atoms with E-state index >= 15 is 0 Å². The number of H-pyrrole nitrogens is 1. The van der Waals surface area contributed by atoms with E-state index in [0.29, 0.717) is 21.2 Å². The van der Waals surface area contributed by atoms with Gasteiger partial charge in [-0.3, -0.25) is 9.36 Å². The highest BCUT2D eigenvalue weighted by Gasteiger charge is 2.42. The highest BCUT2D eigenvalue weighted by Crippen LogP contribution is 2.30. The molecule has 140 valence electrons. The zero-order chi connectivity index (χ0) is 19.3. The number of nitrogens with zero attached hydrogens (tertiary/aromatic N) is 1. The zero-order valence-corrected chi connectivity index (χ0v) is 16.7. The van der Waals surface area contributed by atoms with Crippen LogP contribution < -0.4 is 10.9 Å². The molecule has 0 saturated carbocycles. The molecule has 1 saturated heterocycles. The highest BCUT2D eigenvalue weighted by molar-refractivity contribution is 7.71. The van der Waals surface area contributed by atoms with Crippen molar-refractivity contribution in [1.82, 2.24) is 9.55 Å². The average molecular weight is 377 g/mol. The molecule has 0 bridgehead atoms. The van der Waals surface area contributed by atoms with Gasteiger partial charge >= 0.3 is 5.97 Å². The SMILES string of the molecule is COC(=O)c1ccc2c(=O)n(C3CC(C)(C)[NH2+]C(C)(C)C3)c(=S)[nH]c2c1. The normalized spacial score (nSPS) is 19.4. The number of benzene rings is 1. The Morgan fingerprint density at radius 1 is 1.27 bits per heavy atom. The van der Waals surface area contributed by atoms with Crippen LogP contribution in [0.3, 0.4) is 0 Å². The Morgan fingerprint density at radius 3 is 2.46 bits per heavy atom. The third-order valence-corrected chi connectivity index (χ3v) is 5.32. The van der Waals surface area contributed by atoms with Gasteiger partial charge in [-0.15, -0.1) is 0 Å². The van der Waals surface area contributed by atoms with E-state index in [1.165, 1.54) is 7.11 Å². The quantitative estimate of drug-likeness (QED) is 0.623. The highest BCUT2D eigenvalue weighted by atomic mass is 32.1. The first-order valence-corrected chi connectivity index (χ1v) is 9.18. The summed E-state index contributed by atoms with van der Waals surface area (Å²) in [6, 6.07) is 4.92. The van der Waals surface area contributed by atoms with E-state index in [0.717, 1.165) is 12.8 Å². The summed E-state index contributed by atoms with van der Waals surface area (Å²) < 4.78 is 6.85. The van der Waals surface area contributed by atoms with Gasteiger partial charge in [0.15, 0.2) is 4.77 Å². The summed E-state index contributed by atoms with van der Waals surface area (Å²) in [5, 5.41) is 2.90. The molecule has 26 heavy (non-hydrogen) atoms. The van der Waals surface area contributed by atoms with Crippen LogP contribution in [-0.4, -0.2) is 33.7 Å². The Kier molecular flexibility index (Phi) is 4.56. The van der Waals surface area contributed by atoms with Crippen LogP contribution in [0, 0.1) is 4.77 Å². The minimum atomic E-state index is -0.443. The van der Waals surface area contributed by atoms with Crippen LogP contribution in [0.5, 0.6) is 0 Å². The molecule has 1 aliphatic rings. The standard InChI is InChI=1S/C19H25N3O3S/c1-18(2)9-12(10-19(3,4)21-18)22-15(23)13-7-6-11(16(24)25-5)8-14(13)20-17(22)26/h6-8,12,21H,9-10H2,1-5H3,(H,20,26)/p+1. The Hall–Kier alpha value is -1.99. The Bertz CT molecular complexity index is 972. The Morgan fingerprint density at radius 2 is 1.88 bits per heavy atom. The van der Waals surface area contributed by atoms with Gasteiger partial charge in [0.05, 0.1) is 40.7 Å². The molecule has 7 heteroatoms. The summed E-state index contributed by atoms with van der Waals surface area (Å²) in [4.78, 5) is 28.0. The maximum atomic E-state index is 13.2. The summed E-state index contributed by atoms with van der Waals surface area (Å²) in [6.45, 7) is 8.79. The van der Waals surface area contributed by atoms with E-state index in [1.807, 2.05) is 0 Å². The van der Waals surface area contributed by atoms with Gasteiger partial charge in [0, 0.05) is 12.8 Å². The minimum absolute atomic E-state index is 0.0251. The summed E-state index contributed by atoms with van der Waals surface area (Å²) in [6.07, 6.45) is 1.72. The number of nitrogens with one attached hydrogen (secondary N) is 1. The molecule has 1 fully saturated rings. The summed E-state index contributed by atoms with van der Waals surface area (Å²) in [5.41, 5.74) is 0.880. The predicted molar refractivity (Wildman–Crippen MR) is 103 cm³/mol. The zero-order valence-electron chi connectivity index (χ0n) is 15.9.